The first-order chi connectivity index (χ1) is 19.5. The Morgan fingerprint density at radius 3 is 2.34 bits per heavy atom. The maximum atomic E-state index is 13.5. The quantitative estimate of drug-likeness (QED) is 0.372. The number of aliphatic hydroxyl groups is 2. The second kappa shape index (κ2) is 13.4. The maximum absolute atomic E-state index is 13.5. The van der Waals surface area contributed by atoms with Crippen LogP contribution in [0.5, 0.6) is 5.75 Å². The molecule has 1 aliphatic carbocycles. The molecule has 1 heterocycles. The molecule has 11 heteroatoms. The van der Waals surface area contributed by atoms with Crippen LogP contribution in [-0.4, -0.2) is 83.3 Å². The number of amides is 3. The van der Waals surface area contributed by atoms with Crippen molar-refractivity contribution in [2.45, 2.75) is 69.5 Å². The van der Waals surface area contributed by atoms with Gasteiger partial charge in [0, 0.05) is 32.1 Å². The summed E-state index contributed by atoms with van der Waals surface area (Å²) in [5.74, 6) is -1.30. The number of para-hydroxylation sites is 1. The molecule has 1 saturated carbocycles. The molecule has 2 unspecified atom stereocenters. The Morgan fingerprint density at radius 2 is 1.66 bits per heavy atom. The summed E-state index contributed by atoms with van der Waals surface area (Å²) in [5.41, 5.74) is 0.951. The first-order valence-corrected chi connectivity index (χ1v) is 14.0. The third-order valence-corrected chi connectivity index (χ3v) is 7.69. The third-order valence-electron chi connectivity index (χ3n) is 7.69. The van der Waals surface area contributed by atoms with E-state index in [9.17, 15) is 29.0 Å². The smallest absolute Gasteiger partial charge is 0.243 e. The highest BCUT2D eigenvalue weighted by Gasteiger charge is 2.40. The maximum Gasteiger partial charge on any atom is 0.243 e. The number of nitrogens with zero attached hydrogens (tertiary/aromatic N) is 1. The second-order valence-corrected chi connectivity index (χ2v) is 11.0. The van der Waals surface area contributed by atoms with Crippen LogP contribution in [0.1, 0.15) is 43.9 Å². The van der Waals surface area contributed by atoms with Gasteiger partial charge in [-0.1, -0.05) is 30.3 Å². The van der Waals surface area contributed by atoms with Crippen LogP contribution >= 0.6 is 0 Å². The highest BCUT2D eigenvalue weighted by atomic mass is 19.1. The van der Waals surface area contributed by atoms with Crippen LogP contribution in [0.15, 0.2) is 48.5 Å². The predicted molar refractivity (Wildman–Crippen MR) is 149 cm³/mol. The van der Waals surface area contributed by atoms with Crippen molar-refractivity contribution in [3.05, 3.63) is 65.5 Å². The zero-order valence-corrected chi connectivity index (χ0v) is 23.5. The minimum Gasteiger partial charge on any atom is -0.489 e. The van der Waals surface area contributed by atoms with E-state index >= 15 is 0 Å². The zero-order chi connectivity index (χ0) is 29.7. The molecule has 4 rings (SSSR count). The van der Waals surface area contributed by atoms with Gasteiger partial charge < -0.3 is 35.8 Å². The van der Waals surface area contributed by atoms with E-state index in [0.717, 1.165) is 12.8 Å². The fraction of sp³-hybridized carbons (Fsp3) is 0.500. The fourth-order valence-corrected chi connectivity index (χ4v) is 4.86. The lowest BCUT2D eigenvalue weighted by molar-refractivity contribution is -0.141. The van der Waals surface area contributed by atoms with Gasteiger partial charge in [-0.2, -0.15) is 0 Å². The average molecular weight is 571 g/mol. The molecule has 1 aliphatic heterocycles. The van der Waals surface area contributed by atoms with E-state index in [0.29, 0.717) is 23.4 Å². The number of rotatable bonds is 3. The standard InChI is InChI=1S/C30H39FN4O6/c1-17-15-32-26(20-10-11-20)30(40)35(3)18(2)28(38)34-23(14-19-8-12-21(31)13-9-19)29(39)33-16-24(36)27(37)22-6-4-5-7-25(22)41-17/h4-9,12-13,17-18,20,23-24,26-27,32,36-37H,10-11,14-16H2,1-3H3,(H,33,39)(H,34,38)/t17-,18-,23-,24?,26+,27?/m1/s1. The molecule has 0 aromatic heterocycles. The summed E-state index contributed by atoms with van der Waals surface area (Å²) >= 11 is 0. The van der Waals surface area contributed by atoms with Crippen LogP contribution in [0.3, 0.4) is 0 Å². The second-order valence-electron chi connectivity index (χ2n) is 11.0. The minimum atomic E-state index is -1.37. The molecule has 0 bridgehead atoms. The summed E-state index contributed by atoms with van der Waals surface area (Å²) in [5, 5.41) is 30.3. The van der Waals surface area contributed by atoms with Crippen LogP contribution in [0.4, 0.5) is 4.39 Å². The Morgan fingerprint density at radius 1 is 0.976 bits per heavy atom. The molecule has 2 aliphatic rings. The number of fused-ring (bicyclic) bond motifs is 1. The molecule has 2 aromatic rings. The number of halogens is 1. The number of hydrogen-bond donors (Lipinski definition) is 5. The first kappa shape index (κ1) is 30.4. The van der Waals surface area contributed by atoms with Crippen molar-refractivity contribution < 1.29 is 33.7 Å². The molecule has 6 atom stereocenters. The number of nitrogens with one attached hydrogen (secondary N) is 3. The topological polar surface area (TPSA) is 140 Å². The van der Waals surface area contributed by atoms with E-state index in [2.05, 4.69) is 16.0 Å². The van der Waals surface area contributed by atoms with Crippen molar-refractivity contribution >= 4 is 17.7 Å². The van der Waals surface area contributed by atoms with E-state index in [4.69, 9.17) is 4.74 Å². The molecule has 1 fully saturated rings. The Bertz CT molecular complexity index is 1220. The number of hydrogen-bond acceptors (Lipinski definition) is 7. The first-order valence-electron chi connectivity index (χ1n) is 14.0. The third kappa shape index (κ3) is 7.81. The van der Waals surface area contributed by atoms with Crippen molar-refractivity contribution in [2.24, 2.45) is 5.92 Å². The lowest BCUT2D eigenvalue weighted by Crippen LogP contribution is -2.57. The summed E-state index contributed by atoms with van der Waals surface area (Å²) in [6, 6.07) is 9.84. The molecule has 10 nitrogen and oxygen atoms in total. The summed E-state index contributed by atoms with van der Waals surface area (Å²) in [6.07, 6.45) is -1.31. The fourth-order valence-electron chi connectivity index (χ4n) is 4.86. The highest BCUT2D eigenvalue weighted by Crippen LogP contribution is 2.34. The molecule has 2 aromatic carbocycles. The van der Waals surface area contributed by atoms with Gasteiger partial charge in [0.15, 0.2) is 0 Å². The van der Waals surface area contributed by atoms with Crippen molar-refractivity contribution in [1.82, 2.24) is 20.9 Å². The van der Waals surface area contributed by atoms with Crippen LogP contribution in [0.2, 0.25) is 0 Å². The largest absolute Gasteiger partial charge is 0.489 e. The zero-order valence-electron chi connectivity index (χ0n) is 23.5. The van der Waals surface area contributed by atoms with Crippen LogP contribution in [0, 0.1) is 11.7 Å². The lowest BCUT2D eigenvalue weighted by Gasteiger charge is -2.31. The average Bonchev–Trinajstić information content (AvgIpc) is 3.80. The van der Waals surface area contributed by atoms with Crippen molar-refractivity contribution in [3.63, 3.8) is 0 Å². The lowest BCUT2D eigenvalue weighted by atomic mass is 10.0. The molecule has 222 valence electrons. The minimum absolute atomic E-state index is 0.0434. The predicted octanol–water partition coefficient (Wildman–Crippen LogP) is 1.06. The molecule has 41 heavy (non-hydrogen) atoms. The molecule has 0 radical (unpaired) electrons. The molecular weight excluding hydrogens is 531 g/mol. The van der Waals surface area contributed by atoms with E-state index in [1.165, 1.54) is 29.2 Å². The van der Waals surface area contributed by atoms with Gasteiger partial charge in [-0.25, -0.2) is 4.39 Å². The number of benzene rings is 2. The Balaban J connectivity index is 1.62. The SMILES string of the molecule is C[C@@H]1CN[C@@H](C2CC2)C(=O)N(C)[C@H](C)C(=O)N[C@H](Cc2ccc(F)cc2)C(=O)NCC(O)C(O)c2ccccc2O1. The van der Waals surface area contributed by atoms with Gasteiger partial charge >= 0.3 is 0 Å². The van der Waals surface area contributed by atoms with Gasteiger partial charge in [0.2, 0.25) is 17.7 Å². The normalized spacial score (nSPS) is 28.9. The Hall–Kier alpha value is -3.54. The summed E-state index contributed by atoms with van der Waals surface area (Å²) < 4.78 is 19.6. The van der Waals surface area contributed by atoms with Crippen LogP contribution in [-0.2, 0) is 20.8 Å². The van der Waals surface area contributed by atoms with Crippen molar-refractivity contribution in [3.8, 4) is 5.75 Å². The van der Waals surface area contributed by atoms with Gasteiger partial charge in [-0.05, 0) is 56.4 Å². The van der Waals surface area contributed by atoms with Gasteiger partial charge in [-0.15, -0.1) is 0 Å². The number of carbonyl (C=O) groups excluding carboxylic acids is 3. The van der Waals surface area contributed by atoms with Crippen LogP contribution in [0.25, 0.3) is 0 Å². The van der Waals surface area contributed by atoms with Crippen molar-refractivity contribution in [1.29, 1.82) is 0 Å². The molecule has 5 N–H and O–H groups in total. The number of likely N-dealkylation sites (N-methyl/N-ethyl adjacent to an activating group) is 1. The van der Waals surface area contributed by atoms with Gasteiger partial charge in [-0.3, -0.25) is 14.4 Å². The van der Waals surface area contributed by atoms with Gasteiger partial charge in [0.05, 0.1) is 6.04 Å². The van der Waals surface area contributed by atoms with E-state index in [1.54, 1.807) is 38.2 Å². The Labute approximate surface area is 239 Å². The molecule has 0 saturated heterocycles. The number of β-amino-alcohol motifs (C(OH)–C–C–N with tert-alkyl or cyclic N) is 1. The monoisotopic (exact) mass is 570 g/mol. The number of aliphatic hydroxyl groups excluding tert-OH is 2. The highest BCUT2D eigenvalue weighted by molar-refractivity contribution is 5.93. The number of carbonyl (C=O) groups is 3. The Kier molecular flexibility index (Phi) is 9.95. The molecular formula is C30H39FN4O6. The summed E-state index contributed by atoms with van der Waals surface area (Å²) in [6.45, 7) is 3.45. The molecule has 0 spiro atoms. The molecule has 3 amide bonds. The van der Waals surface area contributed by atoms with E-state index < -0.39 is 48.0 Å². The number of ether oxygens (including phenoxy) is 1. The summed E-state index contributed by atoms with van der Waals surface area (Å²) in [4.78, 5) is 41.4. The van der Waals surface area contributed by atoms with Crippen LogP contribution < -0.4 is 20.7 Å². The van der Waals surface area contributed by atoms with E-state index in [-0.39, 0.29) is 30.9 Å². The summed E-state index contributed by atoms with van der Waals surface area (Å²) in [7, 11) is 1.56. The van der Waals surface area contributed by atoms with Crippen molar-refractivity contribution in [2.75, 3.05) is 20.1 Å². The van der Waals surface area contributed by atoms with Gasteiger partial charge in [0.25, 0.3) is 0 Å². The van der Waals surface area contributed by atoms with Gasteiger partial charge in [0.1, 0.15) is 42.0 Å². The van der Waals surface area contributed by atoms with E-state index in [1.807, 2.05) is 6.92 Å².